The summed E-state index contributed by atoms with van der Waals surface area (Å²) >= 11 is 0. The van der Waals surface area contributed by atoms with Crippen molar-refractivity contribution >= 4 is 17.3 Å². The molecule has 6 heteroatoms. The first kappa shape index (κ1) is 16.0. The van der Waals surface area contributed by atoms with E-state index in [9.17, 15) is 14.9 Å². The number of benzene rings is 2. The summed E-state index contributed by atoms with van der Waals surface area (Å²) in [5, 5.41) is 10.7. The zero-order valence-electron chi connectivity index (χ0n) is 13.4. The first-order valence-corrected chi connectivity index (χ1v) is 7.79. The molecule has 24 heavy (non-hydrogen) atoms. The maximum Gasteiger partial charge on any atom is 0.269 e. The van der Waals surface area contributed by atoms with Crippen molar-refractivity contribution in [2.45, 2.75) is 19.3 Å². The van der Waals surface area contributed by atoms with Gasteiger partial charge in [0, 0.05) is 24.4 Å². The van der Waals surface area contributed by atoms with Crippen molar-refractivity contribution in [1.82, 2.24) is 0 Å². The normalized spacial score (nSPS) is 13.3. The number of amides is 1. The Labute approximate surface area is 139 Å². The number of hydrogen-bond donors (Lipinski definition) is 0. The van der Waals surface area contributed by atoms with Crippen molar-refractivity contribution in [3.05, 3.63) is 63.7 Å². The molecule has 2 aromatic carbocycles. The van der Waals surface area contributed by atoms with Crippen LogP contribution in [-0.2, 0) is 17.6 Å². The quantitative estimate of drug-likeness (QED) is 0.639. The van der Waals surface area contributed by atoms with Crippen molar-refractivity contribution in [1.29, 1.82) is 0 Å². The van der Waals surface area contributed by atoms with Crippen molar-refractivity contribution in [2.75, 3.05) is 18.6 Å². The van der Waals surface area contributed by atoms with Gasteiger partial charge in [-0.15, -0.1) is 0 Å². The zero-order valence-corrected chi connectivity index (χ0v) is 13.4. The molecule has 0 unspecified atom stereocenters. The van der Waals surface area contributed by atoms with E-state index in [1.807, 2.05) is 18.2 Å². The van der Waals surface area contributed by atoms with Crippen LogP contribution in [-0.4, -0.2) is 24.5 Å². The van der Waals surface area contributed by atoms with Crippen LogP contribution in [0.1, 0.15) is 17.5 Å². The number of non-ortho nitro benzene ring substituents is 1. The van der Waals surface area contributed by atoms with Crippen LogP contribution in [0.5, 0.6) is 5.75 Å². The predicted octanol–water partition coefficient (Wildman–Crippen LogP) is 3.13. The number of carbonyl (C=O) groups is 1. The molecule has 0 bridgehead atoms. The fourth-order valence-corrected chi connectivity index (χ4v) is 2.97. The van der Waals surface area contributed by atoms with E-state index in [4.69, 9.17) is 4.74 Å². The third kappa shape index (κ3) is 3.22. The van der Waals surface area contributed by atoms with Gasteiger partial charge in [0.2, 0.25) is 5.91 Å². The SMILES string of the molecule is COc1ccc2c(c1)CCCN2C(=O)Cc1ccc([N+](=O)[O-])cc1. The molecule has 0 fully saturated rings. The van der Waals surface area contributed by atoms with E-state index in [2.05, 4.69) is 0 Å². The van der Waals surface area contributed by atoms with Crippen LogP contribution in [0.25, 0.3) is 0 Å². The molecule has 1 aliphatic rings. The number of carbonyl (C=O) groups excluding carboxylic acids is 1. The lowest BCUT2D eigenvalue weighted by molar-refractivity contribution is -0.384. The van der Waals surface area contributed by atoms with Crippen LogP contribution in [0.4, 0.5) is 11.4 Å². The highest BCUT2D eigenvalue weighted by molar-refractivity contribution is 5.96. The van der Waals surface area contributed by atoms with Crippen LogP contribution in [0.3, 0.4) is 0 Å². The molecule has 124 valence electrons. The largest absolute Gasteiger partial charge is 0.497 e. The molecule has 1 aliphatic heterocycles. The van der Waals surface area contributed by atoms with Crippen molar-refractivity contribution in [3.8, 4) is 5.75 Å². The Kier molecular flexibility index (Phi) is 4.46. The molecule has 6 nitrogen and oxygen atoms in total. The molecule has 0 spiro atoms. The average Bonchev–Trinajstić information content (AvgIpc) is 2.61. The van der Waals surface area contributed by atoms with Gasteiger partial charge in [-0.3, -0.25) is 14.9 Å². The minimum atomic E-state index is -0.445. The zero-order chi connectivity index (χ0) is 17.1. The summed E-state index contributed by atoms with van der Waals surface area (Å²) in [5.74, 6) is 0.786. The summed E-state index contributed by atoms with van der Waals surface area (Å²) in [6, 6.07) is 11.9. The van der Waals surface area contributed by atoms with Gasteiger partial charge in [0.15, 0.2) is 0 Å². The lowest BCUT2D eigenvalue weighted by Gasteiger charge is -2.30. The van der Waals surface area contributed by atoms with E-state index < -0.39 is 4.92 Å². The third-order valence-corrected chi connectivity index (χ3v) is 4.21. The minimum Gasteiger partial charge on any atom is -0.497 e. The second-order valence-electron chi connectivity index (χ2n) is 5.74. The first-order chi connectivity index (χ1) is 11.6. The monoisotopic (exact) mass is 326 g/mol. The number of fused-ring (bicyclic) bond motifs is 1. The fraction of sp³-hybridized carbons (Fsp3) is 0.278. The van der Waals surface area contributed by atoms with Crippen LogP contribution >= 0.6 is 0 Å². The standard InChI is InChI=1S/C18H18N2O4/c1-24-16-8-9-17-14(12-16)3-2-10-19(17)18(21)11-13-4-6-15(7-5-13)20(22)23/h4-9,12H,2-3,10-11H2,1H3. The number of methoxy groups -OCH3 is 1. The van der Waals surface area contributed by atoms with Gasteiger partial charge in [-0.2, -0.15) is 0 Å². The second kappa shape index (κ2) is 6.70. The van der Waals surface area contributed by atoms with Gasteiger partial charge in [-0.25, -0.2) is 0 Å². The summed E-state index contributed by atoms with van der Waals surface area (Å²) in [4.78, 5) is 24.7. The van der Waals surface area contributed by atoms with E-state index in [0.717, 1.165) is 35.4 Å². The van der Waals surface area contributed by atoms with Crippen molar-refractivity contribution < 1.29 is 14.5 Å². The summed E-state index contributed by atoms with van der Waals surface area (Å²) < 4.78 is 5.24. The van der Waals surface area contributed by atoms with Gasteiger partial charge in [0.25, 0.3) is 5.69 Å². The van der Waals surface area contributed by atoms with Gasteiger partial charge in [-0.1, -0.05) is 12.1 Å². The van der Waals surface area contributed by atoms with Crippen LogP contribution in [0, 0.1) is 10.1 Å². The molecular weight excluding hydrogens is 308 g/mol. The molecular formula is C18H18N2O4. The smallest absolute Gasteiger partial charge is 0.269 e. The molecule has 1 amide bonds. The van der Waals surface area contributed by atoms with E-state index in [1.54, 1.807) is 24.1 Å². The maximum atomic E-state index is 12.7. The van der Waals surface area contributed by atoms with Crippen LogP contribution in [0.2, 0.25) is 0 Å². The Morgan fingerprint density at radius 3 is 2.67 bits per heavy atom. The average molecular weight is 326 g/mol. The number of rotatable bonds is 4. The Balaban J connectivity index is 1.78. The highest BCUT2D eigenvalue weighted by atomic mass is 16.6. The molecule has 0 saturated heterocycles. The fourth-order valence-electron chi connectivity index (χ4n) is 2.97. The Morgan fingerprint density at radius 1 is 1.25 bits per heavy atom. The molecule has 1 heterocycles. The summed E-state index contributed by atoms with van der Waals surface area (Å²) in [6.45, 7) is 0.686. The number of nitrogens with zero attached hydrogens (tertiary/aromatic N) is 2. The van der Waals surface area contributed by atoms with E-state index in [-0.39, 0.29) is 18.0 Å². The van der Waals surface area contributed by atoms with E-state index in [1.165, 1.54) is 12.1 Å². The number of anilines is 1. The molecule has 0 radical (unpaired) electrons. The van der Waals surface area contributed by atoms with Crippen LogP contribution in [0.15, 0.2) is 42.5 Å². The molecule has 0 aromatic heterocycles. The first-order valence-electron chi connectivity index (χ1n) is 7.79. The molecule has 3 rings (SSSR count). The van der Waals surface area contributed by atoms with Gasteiger partial charge in [-0.05, 0) is 42.2 Å². The number of ether oxygens (including phenoxy) is 1. The Hall–Kier alpha value is -2.89. The lowest BCUT2D eigenvalue weighted by Crippen LogP contribution is -2.36. The Morgan fingerprint density at radius 2 is 2.00 bits per heavy atom. The summed E-state index contributed by atoms with van der Waals surface area (Å²) in [5.41, 5.74) is 2.83. The molecule has 2 aromatic rings. The van der Waals surface area contributed by atoms with Crippen molar-refractivity contribution in [3.63, 3.8) is 0 Å². The Bertz CT molecular complexity index is 771. The van der Waals surface area contributed by atoms with Crippen LogP contribution < -0.4 is 9.64 Å². The third-order valence-electron chi connectivity index (χ3n) is 4.21. The molecule has 0 saturated carbocycles. The van der Waals surface area contributed by atoms with Gasteiger partial charge in [0.1, 0.15) is 5.75 Å². The van der Waals surface area contributed by atoms with E-state index >= 15 is 0 Å². The maximum absolute atomic E-state index is 12.7. The lowest BCUT2D eigenvalue weighted by atomic mass is 10.0. The topological polar surface area (TPSA) is 72.7 Å². The van der Waals surface area contributed by atoms with Gasteiger partial charge >= 0.3 is 0 Å². The summed E-state index contributed by atoms with van der Waals surface area (Å²) in [6.07, 6.45) is 2.06. The summed E-state index contributed by atoms with van der Waals surface area (Å²) in [7, 11) is 1.63. The number of aryl methyl sites for hydroxylation is 1. The molecule has 0 atom stereocenters. The number of hydrogen-bond acceptors (Lipinski definition) is 4. The molecule has 0 N–H and O–H groups in total. The predicted molar refractivity (Wildman–Crippen MR) is 90.5 cm³/mol. The highest BCUT2D eigenvalue weighted by Crippen LogP contribution is 2.31. The highest BCUT2D eigenvalue weighted by Gasteiger charge is 2.23. The number of nitro benzene ring substituents is 1. The number of nitro groups is 1. The van der Waals surface area contributed by atoms with Gasteiger partial charge < -0.3 is 9.64 Å². The minimum absolute atomic E-state index is 0.00466. The second-order valence-corrected chi connectivity index (χ2v) is 5.74. The van der Waals surface area contributed by atoms with Gasteiger partial charge in [0.05, 0.1) is 18.5 Å². The van der Waals surface area contributed by atoms with E-state index in [0.29, 0.717) is 6.54 Å². The molecule has 0 aliphatic carbocycles. The van der Waals surface area contributed by atoms with Crippen molar-refractivity contribution in [2.24, 2.45) is 0 Å².